The zero-order valence-corrected chi connectivity index (χ0v) is 11.7. The molecule has 0 saturated heterocycles. The number of nitrogens with two attached hydrogens (primary N) is 2. The van der Waals surface area contributed by atoms with Gasteiger partial charge in [-0.05, 0) is 24.3 Å². The van der Waals surface area contributed by atoms with Gasteiger partial charge in [0.05, 0.1) is 23.8 Å². The van der Waals surface area contributed by atoms with E-state index < -0.39 is 17.9 Å². The third kappa shape index (κ3) is 3.80. The lowest BCUT2D eigenvalue weighted by Gasteiger charge is -2.14. The number of nitrogens with zero attached hydrogens (tertiary/aromatic N) is 2. The molecule has 0 radical (unpaired) electrons. The van der Waals surface area contributed by atoms with Crippen LogP contribution in [0.2, 0.25) is 5.02 Å². The maximum absolute atomic E-state index is 12.0. The van der Waals surface area contributed by atoms with Gasteiger partial charge in [-0.2, -0.15) is 5.10 Å². The van der Waals surface area contributed by atoms with E-state index in [4.69, 9.17) is 23.1 Å². The molecule has 2 rings (SSSR count). The van der Waals surface area contributed by atoms with Gasteiger partial charge in [-0.3, -0.25) is 9.59 Å². The van der Waals surface area contributed by atoms with Crippen LogP contribution in [0.25, 0.3) is 5.69 Å². The van der Waals surface area contributed by atoms with Crippen LogP contribution in [-0.4, -0.2) is 27.6 Å². The van der Waals surface area contributed by atoms with Crippen molar-refractivity contribution in [2.75, 3.05) is 5.32 Å². The average Bonchev–Trinajstić information content (AvgIpc) is 2.91. The number of aromatic nitrogens is 2. The lowest BCUT2D eigenvalue weighted by molar-refractivity contribution is -0.123. The van der Waals surface area contributed by atoms with Gasteiger partial charge in [-0.15, -0.1) is 0 Å². The maximum atomic E-state index is 12.0. The molecule has 110 valence electrons. The van der Waals surface area contributed by atoms with Crippen molar-refractivity contribution in [1.29, 1.82) is 0 Å². The SMILES string of the molecule is NC(=O)CC(N)C(=O)Nc1cc(Cl)ccc1-n1cccn1. The number of amides is 2. The summed E-state index contributed by atoms with van der Waals surface area (Å²) in [6.45, 7) is 0. The van der Waals surface area contributed by atoms with Crippen molar-refractivity contribution in [1.82, 2.24) is 9.78 Å². The Bertz CT molecular complexity index is 657. The molecule has 0 bridgehead atoms. The lowest BCUT2D eigenvalue weighted by atomic mass is 10.2. The second kappa shape index (κ2) is 6.38. The van der Waals surface area contributed by atoms with E-state index in [0.29, 0.717) is 16.4 Å². The normalized spacial score (nSPS) is 11.9. The number of primary amides is 1. The Morgan fingerprint density at radius 3 is 2.81 bits per heavy atom. The number of halogens is 1. The minimum atomic E-state index is -1.02. The monoisotopic (exact) mass is 307 g/mol. The Kier molecular flexibility index (Phi) is 4.56. The molecule has 0 saturated carbocycles. The molecule has 1 unspecified atom stereocenters. The van der Waals surface area contributed by atoms with E-state index in [1.54, 1.807) is 41.3 Å². The highest BCUT2D eigenvalue weighted by Crippen LogP contribution is 2.24. The Hall–Kier alpha value is -2.38. The van der Waals surface area contributed by atoms with Crippen molar-refractivity contribution in [2.45, 2.75) is 12.5 Å². The Morgan fingerprint density at radius 2 is 2.19 bits per heavy atom. The van der Waals surface area contributed by atoms with E-state index in [1.165, 1.54) is 0 Å². The van der Waals surface area contributed by atoms with Gasteiger partial charge in [-0.25, -0.2) is 4.68 Å². The van der Waals surface area contributed by atoms with Crippen LogP contribution in [0.5, 0.6) is 0 Å². The van der Waals surface area contributed by atoms with Crippen LogP contribution in [-0.2, 0) is 9.59 Å². The van der Waals surface area contributed by atoms with Gasteiger partial charge < -0.3 is 16.8 Å². The molecule has 0 fully saturated rings. The molecule has 0 aliphatic carbocycles. The molecule has 1 aromatic heterocycles. The first-order valence-electron chi connectivity index (χ1n) is 6.11. The minimum Gasteiger partial charge on any atom is -0.370 e. The summed E-state index contributed by atoms with van der Waals surface area (Å²) in [4.78, 5) is 22.8. The van der Waals surface area contributed by atoms with Crippen LogP contribution in [0.15, 0.2) is 36.7 Å². The maximum Gasteiger partial charge on any atom is 0.241 e. The fourth-order valence-corrected chi connectivity index (χ4v) is 1.93. The summed E-state index contributed by atoms with van der Waals surface area (Å²) in [7, 11) is 0. The molecule has 5 N–H and O–H groups in total. The third-order valence-electron chi connectivity index (χ3n) is 2.73. The van der Waals surface area contributed by atoms with Gasteiger partial charge in [0.15, 0.2) is 0 Å². The average molecular weight is 308 g/mol. The minimum absolute atomic E-state index is 0.233. The Balaban J connectivity index is 2.25. The van der Waals surface area contributed by atoms with Gasteiger partial charge in [0, 0.05) is 17.4 Å². The number of carbonyl (C=O) groups excluding carboxylic acids is 2. The van der Waals surface area contributed by atoms with Crippen LogP contribution >= 0.6 is 11.6 Å². The van der Waals surface area contributed by atoms with E-state index in [0.717, 1.165) is 0 Å². The molecule has 0 aliphatic heterocycles. The zero-order valence-electron chi connectivity index (χ0n) is 11.0. The summed E-state index contributed by atoms with van der Waals surface area (Å²) < 4.78 is 1.57. The van der Waals surface area contributed by atoms with Crippen molar-refractivity contribution in [3.63, 3.8) is 0 Å². The summed E-state index contributed by atoms with van der Waals surface area (Å²) in [5, 5.41) is 7.17. The molecule has 1 heterocycles. The Morgan fingerprint density at radius 1 is 1.43 bits per heavy atom. The summed E-state index contributed by atoms with van der Waals surface area (Å²) in [6.07, 6.45) is 3.10. The number of carbonyl (C=O) groups is 2. The van der Waals surface area contributed by atoms with Crippen LogP contribution in [0, 0.1) is 0 Å². The summed E-state index contributed by atoms with van der Waals surface area (Å²) in [5.74, 6) is -1.17. The molecular formula is C13H14ClN5O2. The fraction of sp³-hybridized carbons (Fsp3) is 0.154. The summed E-state index contributed by atoms with van der Waals surface area (Å²) in [5.41, 5.74) is 11.7. The standard InChI is InChI=1S/C13H14ClN5O2/c14-8-2-3-11(19-5-1-4-17-19)10(6-8)18-13(21)9(15)7-12(16)20/h1-6,9H,7,15H2,(H2,16,20)(H,18,21). The van der Waals surface area contributed by atoms with Crippen molar-refractivity contribution in [3.05, 3.63) is 41.7 Å². The highest BCUT2D eigenvalue weighted by atomic mass is 35.5. The second-order valence-electron chi connectivity index (χ2n) is 4.38. The Labute approximate surface area is 125 Å². The second-order valence-corrected chi connectivity index (χ2v) is 4.81. The molecule has 21 heavy (non-hydrogen) atoms. The van der Waals surface area contributed by atoms with Crippen molar-refractivity contribution >= 4 is 29.1 Å². The number of anilines is 1. The number of hydrogen-bond acceptors (Lipinski definition) is 4. The first kappa shape index (κ1) is 15.0. The van der Waals surface area contributed by atoms with Crippen molar-refractivity contribution < 1.29 is 9.59 Å². The molecule has 0 spiro atoms. The van der Waals surface area contributed by atoms with Gasteiger partial charge >= 0.3 is 0 Å². The first-order chi connectivity index (χ1) is 9.97. The van der Waals surface area contributed by atoms with E-state index in [9.17, 15) is 9.59 Å². The van der Waals surface area contributed by atoms with Crippen LogP contribution in [0.4, 0.5) is 5.69 Å². The molecule has 2 amide bonds. The summed E-state index contributed by atoms with van der Waals surface area (Å²) in [6, 6.07) is 5.70. The highest BCUT2D eigenvalue weighted by Gasteiger charge is 2.18. The fourth-order valence-electron chi connectivity index (χ4n) is 1.75. The quantitative estimate of drug-likeness (QED) is 0.752. The molecule has 2 aromatic rings. The topological polar surface area (TPSA) is 116 Å². The molecule has 1 atom stereocenters. The van der Waals surface area contributed by atoms with Crippen LogP contribution < -0.4 is 16.8 Å². The first-order valence-corrected chi connectivity index (χ1v) is 6.49. The molecule has 7 nitrogen and oxygen atoms in total. The van der Waals surface area contributed by atoms with Gasteiger partial charge in [0.2, 0.25) is 11.8 Å². The van der Waals surface area contributed by atoms with Crippen molar-refractivity contribution in [3.8, 4) is 5.69 Å². The van der Waals surface area contributed by atoms with Crippen LogP contribution in [0.3, 0.4) is 0 Å². The lowest BCUT2D eigenvalue weighted by Crippen LogP contribution is -2.39. The predicted octanol–water partition coefficient (Wildman–Crippen LogP) is 0.667. The van der Waals surface area contributed by atoms with Gasteiger partial charge in [0.25, 0.3) is 0 Å². The smallest absolute Gasteiger partial charge is 0.241 e. The van der Waals surface area contributed by atoms with Gasteiger partial charge in [-0.1, -0.05) is 11.6 Å². The van der Waals surface area contributed by atoms with Crippen molar-refractivity contribution in [2.24, 2.45) is 11.5 Å². The number of rotatable bonds is 5. The van der Waals surface area contributed by atoms with E-state index in [2.05, 4.69) is 10.4 Å². The largest absolute Gasteiger partial charge is 0.370 e. The number of benzene rings is 1. The third-order valence-corrected chi connectivity index (χ3v) is 2.96. The van der Waals surface area contributed by atoms with E-state index >= 15 is 0 Å². The highest BCUT2D eigenvalue weighted by molar-refractivity contribution is 6.31. The summed E-state index contributed by atoms with van der Waals surface area (Å²) >= 11 is 5.94. The van der Waals surface area contributed by atoms with E-state index in [-0.39, 0.29) is 6.42 Å². The molecule has 8 heteroatoms. The molecule has 1 aromatic carbocycles. The zero-order chi connectivity index (χ0) is 15.4. The number of hydrogen-bond donors (Lipinski definition) is 3. The number of nitrogens with one attached hydrogen (secondary N) is 1. The predicted molar refractivity (Wildman–Crippen MR) is 79.0 cm³/mol. The van der Waals surface area contributed by atoms with Crippen LogP contribution in [0.1, 0.15) is 6.42 Å². The molecule has 0 aliphatic rings. The van der Waals surface area contributed by atoms with Gasteiger partial charge in [0.1, 0.15) is 0 Å². The van der Waals surface area contributed by atoms with E-state index in [1.807, 2.05) is 0 Å². The molecular weight excluding hydrogens is 294 g/mol.